The van der Waals surface area contributed by atoms with Gasteiger partial charge in [0.1, 0.15) is 6.04 Å². The van der Waals surface area contributed by atoms with Crippen LogP contribution in [0, 0.1) is 5.92 Å². The van der Waals surface area contributed by atoms with E-state index in [0.29, 0.717) is 5.92 Å². The molecule has 0 aliphatic carbocycles. The Bertz CT molecular complexity index is 215. The van der Waals surface area contributed by atoms with Crippen LogP contribution in [0.3, 0.4) is 0 Å². The molecule has 0 saturated carbocycles. The molecule has 4 heteroatoms. The predicted octanol–water partition coefficient (Wildman–Crippen LogP) is 1.73. The number of hydrogen-bond acceptors (Lipinski definition) is 4. The average molecular weight is 243 g/mol. The summed E-state index contributed by atoms with van der Waals surface area (Å²) in [6.45, 7) is 4.67. The Hall–Kier alpha value is -0.610. The van der Waals surface area contributed by atoms with Crippen molar-refractivity contribution in [1.82, 2.24) is 5.32 Å². The monoisotopic (exact) mass is 243 g/mol. The van der Waals surface area contributed by atoms with E-state index in [0.717, 1.165) is 45.4 Å². The number of hydrogen-bond donors (Lipinski definition) is 1. The highest BCUT2D eigenvalue weighted by Gasteiger charge is 2.20. The first-order valence-corrected chi connectivity index (χ1v) is 6.66. The summed E-state index contributed by atoms with van der Waals surface area (Å²) in [6.07, 6.45) is 5.32. The Balaban J connectivity index is 2.28. The highest BCUT2D eigenvalue weighted by Crippen LogP contribution is 2.13. The standard InChI is InChI=1S/C13H25NO3/c1-3-4-7-12(13(15)16-2)14-9-11-6-5-8-17-10-11/h11-12,14H,3-10H2,1-2H3. The van der Waals surface area contributed by atoms with E-state index in [2.05, 4.69) is 12.2 Å². The second kappa shape index (κ2) is 8.48. The number of ether oxygens (including phenoxy) is 2. The van der Waals surface area contributed by atoms with Gasteiger partial charge in [0, 0.05) is 13.2 Å². The van der Waals surface area contributed by atoms with Crippen molar-refractivity contribution in [3.05, 3.63) is 0 Å². The normalized spacial score (nSPS) is 22.1. The number of esters is 1. The van der Waals surface area contributed by atoms with Gasteiger partial charge in [-0.25, -0.2) is 0 Å². The van der Waals surface area contributed by atoms with Crippen LogP contribution in [0.15, 0.2) is 0 Å². The molecule has 2 atom stereocenters. The van der Waals surface area contributed by atoms with Crippen molar-refractivity contribution in [2.75, 3.05) is 26.9 Å². The quantitative estimate of drug-likeness (QED) is 0.692. The molecule has 0 aromatic heterocycles. The zero-order chi connectivity index (χ0) is 12.5. The van der Waals surface area contributed by atoms with Crippen molar-refractivity contribution in [2.45, 2.75) is 45.1 Å². The topological polar surface area (TPSA) is 47.6 Å². The molecular weight excluding hydrogens is 218 g/mol. The first-order valence-electron chi connectivity index (χ1n) is 6.66. The minimum absolute atomic E-state index is 0.143. The molecule has 1 N–H and O–H groups in total. The Labute approximate surface area is 104 Å². The van der Waals surface area contributed by atoms with E-state index < -0.39 is 0 Å². The van der Waals surface area contributed by atoms with Gasteiger partial charge >= 0.3 is 5.97 Å². The fourth-order valence-electron chi connectivity index (χ4n) is 2.13. The van der Waals surface area contributed by atoms with Crippen LogP contribution in [-0.4, -0.2) is 38.9 Å². The first-order chi connectivity index (χ1) is 8.27. The molecule has 0 aromatic carbocycles. The molecule has 1 saturated heterocycles. The number of nitrogens with one attached hydrogen (secondary N) is 1. The molecule has 2 unspecified atom stereocenters. The van der Waals surface area contributed by atoms with E-state index in [4.69, 9.17) is 9.47 Å². The van der Waals surface area contributed by atoms with Gasteiger partial charge in [0.15, 0.2) is 0 Å². The van der Waals surface area contributed by atoms with Crippen molar-refractivity contribution < 1.29 is 14.3 Å². The fraction of sp³-hybridized carbons (Fsp3) is 0.923. The second-order valence-electron chi connectivity index (χ2n) is 4.71. The van der Waals surface area contributed by atoms with Crippen LogP contribution >= 0.6 is 0 Å². The lowest BCUT2D eigenvalue weighted by molar-refractivity contribution is -0.143. The molecular formula is C13H25NO3. The summed E-state index contributed by atoms with van der Waals surface area (Å²) in [6, 6.07) is -0.151. The Morgan fingerprint density at radius 3 is 3.00 bits per heavy atom. The maximum atomic E-state index is 11.6. The zero-order valence-corrected chi connectivity index (χ0v) is 11.0. The van der Waals surface area contributed by atoms with Gasteiger partial charge in [-0.2, -0.15) is 0 Å². The summed E-state index contributed by atoms with van der Waals surface area (Å²) in [4.78, 5) is 11.6. The van der Waals surface area contributed by atoms with Crippen molar-refractivity contribution in [1.29, 1.82) is 0 Å². The summed E-state index contributed by atoms with van der Waals surface area (Å²) >= 11 is 0. The van der Waals surface area contributed by atoms with Crippen LogP contribution in [0.25, 0.3) is 0 Å². The maximum Gasteiger partial charge on any atom is 0.322 e. The van der Waals surface area contributed by atoms with Gasteiger partial charge in [-0.05, 0) is 25.2 Å². The SMILES string of the molecule is CCCCC(NCC1CCCOC1)C(=O)OC. The lowest BCUT2D eigenvalue weighted by atomic mass is 10.0. The van der Waals surface area contributed by atoms with E-state index in [-0.39, 0.29) is 12.0 Å². The zero-order valence-electron chi connectivity index (χ0n) is 11.0. The van der Waals surface area contributed by atoms with Gasteiger partial charge in [-0.3, -0.25) is 4.79 Å². The van der Waals surface area contributed by atoms with Crippen LogP contribution in [0.5, 0.6) is 0 Å². The van der Waals surface area contributed by atoms with E-state index >= 15 is 0 Å². The molecule has 0 bridgehead atoms. The third-order valence-corrected chi connectivity index (χ3v) is 3.24. The van der Waals surface area contributed by atoms with E-state index in [1.165, 1.54) is 13.5 Å². The number of rotatable bonds is 7. The molecule has 1 aliphatic rings. The number of methoxy groups -OCH3 is 1. The predicted molar refractivity (Wildman–Crippen MR) is 66.9 cm³/mol. The number of carbonyl (C=O) groups excluding carboxylic acids is 1. The molecule has 1 aliphatic heterocycles. The molecule has 1 heterocycles. The number of unbranched alkanes of at least 4 members (excludes halogenated alkanes) is 1. The average Bonchev–Trinajstić information content (AvgIpc) is 2.39. The molecule has 1 fully saturated rings. The summed E-state index contributed by atoms with van der Waals surface area (Å²) in [5.74, 6) is 0.396. The summed E-state index contributed by atoms with van der Waals surface area (Å²) in [5, 5.41) is 3.32. The Morgan fingerprint density at radius 2 is 2.41 bits per heavy atom. The minimum atomic E-state index is -0.151. The molecule has 0 aromatic rings. The van der Waals surface area contributed by atoms with Gasteiger partial charge in [0.05, 0.1) is 13.7 Å². The van der Waals surface area contributed by atoms with E-state index in [1.807, 2.05) is 0 Å². The molecule has 1 rings (SSSR count). The van der Waals surface area contributed by atoms with Crippen LogP contribution < -0.4 is 5.32 Å². The maximum absolute atomic E-state index is 11.6. The molecule has 4 nitrogen and oxygen atoms in total. The highest BCUT2D eigenvalue weighted by atomic mass is 16.5. The molecule has 0 spiro atoms. The third kappa shape index (κ3) is 5.50. The molecule has 17 heavy (non-hydrogen) atoms. The lowest BCUT2D eigenvalue weighted by Gasteiger charge is -2.24. The minimum Gasteiger partial charge on any atom is -0.468 e. The van der Waals surface area contributed by atoms with E-state index in [9.17, 15) is 4.79 Å². The van der Waals surface area contributed by atoms with Crippen LogP contribution in [0.4, 0.5) is 0 Å². The lowest BCUT2D eigenvalue weighted by Crippen LogP contribution is -2.41. The molecule has 100 valence electrons. The van der Waals surface area contributed by atoms with Crippen molar-refractivity contribution in [3.63, 3.8) is 0 Å². The summed E-state index contributed by atoms with van der Waals surface area (Å²) in [5.41, 5.74) is 0. The van der Waals surface area contributed by atoms with Gasteiger partial charge in [-0.1, -0.05) is 19.8 Å². The largest absolute Gasteiger partial charge is 0.468 e. The smallest absolute Gasteiger partial charge is 0.322 e. The van der Waals surface area contributed by atoms with Crippen molar-refractivity contribution >= 4 is 5.97 Å². The van der Waals surface area contributed by atoms with Crippen LogP contribution in [0.1, 0.15) is 39.0 Å². The van der Waals surface area contributed by atoms with Crippen LogP contribution in [0.2, 0.25) is 0 Å². The van der Waals surface area contributed by atoms with E-state index in [1.54, 1.807) is 0 Å². The number of carbonyl (C=O) groups is 1. The summed E-state index contributed by atoms with van der Waals surface area (Å²) < 4.78 is 10.2. The van der Waals surface area contributed by atoms with Gasteiger partial charge in [0.2, 0.25) is 0 Å². The second-order valence-corrected chi connectivity index (χ2v) is 4.71. The molecule has 0 amide bonds. The van der Waals surface area contributed by atoms with Crippen molar-refractivity contribution in [3.8, 4) is 0 Å². The molecule has 0 radical (unpaired) electrons. The highest BCUT2D eigenvalue weighted by molar-refractivity contribution is 5.75. The Morgan fingerprint density at radius 1 is 1.59 bits per heavy atom. The van der Waals surface area contributed by atoms with Gasteiger partial charge in [-0.15, -0.1) is 0 Å². The van der Waals surface area contributed by atoms with Crippen molar-refractivity contribution in [2.24, 2.45) is 5.92 Å². The fourth-order valence-corrected chi connectivity index (χ4v) is 2.13. The van der Waals surface area contributed by atoms with Gasteiger partial charge in [0.25, 0.3) is 0 Å². The summed E-state index contributed by atoms with van der Waals surface area (Å²) in [7, 11) is 1.45. The first kappa shape index (κ1) is 14.5. The van der Waals surface area contributed by atoms with Gasteiger partial charge < -0.3 is 14.8 Å². The third-order valence-electron chi connectivity index (χ3n) is 3.24. The van der Waals surface area contributed by atoms with Crippen LogP contribution in [-0.2, 0) is 14.3 Å². The Kier molecular flexibility index (Phi) is 7.21.